The standard InChI is InChI=1S/C26H22N2O4/c1-14-12-19-20(13-15(14)2)32-25-22(24(19)29)23(17-8-10-18(31-4)11-9-17)28(26(25)30)21-7-5-6-16(3)27-21/h5-13,23H,1-4H3/t23-/m0/s1. The molecule has 2 aromatic heterocycles. The van der Waals surface area contributed by atoms with E-state index in [4.69, 9.17) is 9.15 Å². The van der Waals surface area contributed by atoms with Crippen LogP contribution in [0.3, 0.4) is 0 Å². The van der Waals surface area contributed by atoms with Crippen molar-refractivity contribution in [1.29, 1.82) is 0 Å². The zero-order valence-electron chi connectivity index (χ0n) is 18.3. The van der Waals surface area contributed by atoms with Gasteiger partial charge in [-0.15, -0.1) is 0 Å². The molecule has 5 rings (SSSR count). The third kappa shape index (κ3) is 2.99. The Morgan fingerprint density at radius 1 is 0.969 bits per heavy atom. The highest BCUT2D eigenvalue weighted by Crippen LogP contribution is 2.41. The molecule has 6 nitrogen and oxygen atoms in total. The summed E-state index contributed by atoms with van der Waals surface area (Å²) in [6.07, 6.45) is 0. The number of hydrogen-bond acceptors (Lipinski definition) is 5. The lowest BCUT2D eigenvalue weighted by Crippen LogP contribution is -2.30. The molecule has 0 spiro atoms. The van der Waals surface area contributed by atoms with Gasteiger partial charge in [-0.3, -0.25) is 14.5 Å². The smallest absolute Gasteiger partial charge is 0.296 e. The van der Waals surface area contributed by atoms with Gasteiger partial charge in [0.05, 0.1) is 24.1 Å². The first-order valence-electron chi connectivity index (χ1n) is 10.4. The van der Waals surface area contributed by atoms with Crippen molar-refractivity contribution in [2.45, 2.75) is 26.8 Å². The molecule has 0 radical (unpaired) electrons. The first-order chi connectivity index (χ1) is 15.4. The van der Waals surface area contributed by atoms with Crippen molar-refractivity contribution < 1.29 is 13.9 Å². The number of hydrogen-bond donors (Lipinski definition) is 0. The average molecular weight is 426 g/mol. The predicted molar refractivity (Wildman–Crippen MR) is 123 cm³/mol. The molecular formula is C26H22N2O4. The van der Waals surface area contributed by atoms with Crippen molar-refractivity contribution in [2.75, 3.05) is 12.0 Å². The number of benzene rings is 2. The van der Waals surface area contributed by atoms with E-state index in [0.717, 1.165) is 22.4 Å². The van der Waals surface area contributed by atoms with Crippen molar-refractivity contribution in [2.24, 2.45) is 0 Å². The molecule has 0 unspecified atom stereocenters. The monoisotopic (exact) mass is 426 g/mol. The van der Waals surface area contributed by atoms with Gasteiger partial charge in [0.1, 0.15) is 17.2 Å². The van der Waals surface area contributed by atoms with E-state index in [2.05, 4.69) is 4.98 Å². The van der Waals surface area contributed by atoms with Gasteiger partial charge in [0.2, 0.25) is 5.76 Å². The Labute approximate surface area is 185 Å². The number of anilines is 1. The number of nitrogens with zero attached hydrogens (tertiary/aromatic N) is 2. The van der Waals surface area contributed by atoms with Crippen molar-refractivity contribution in [3.63, 3.8) is 0 Å². The largest absolute Gasteiger partial charge is 0.497 e. The molecule has 0 fully saturated rings. The van der Waals surface area contributed by atoms with Crippen molar-refractivity contribution in [3.8, 4) is 5.75 Å². The van der Waals surface area contributed by atoms with E-state index in [1.807, 2.05) is 69.3 Å². The minimum atomic E-state index is -0.653. The maximum atomic E-state index is 13.7. The minimum Gasteiger partial charge on any atom is -0.497 e. The van der Waals surface area contributed by atoms with Crippen LogP contribution in [0.5, 0.6) is 5.75 Å². The number of carbonyl (C=O) groups is 1. The fourth-order valence-corrected chi connectivity index (χ4v) is 4.23. The van der Waals surface area contributed by atoms with Crippen LogP contribution in [0.1, 0.15) is 44.5 Å². The fourth-order valence-electron chi connectivity index (χ4n) is 4.23. The zero-order chi connectivity index (χ0) is 22.6. The Morgan fingerprint density at radius 3 is 2.38 bits per heavy atom. The Morgan fingerprint density at radius 2 is 1.69 bits per heavy atom. The van der Waals surface area contributed by atoms with Crippen LogP contribution in [0.2, 0.25) is 0 Å². The van der Waals surface area contributed by atoms with E-state index >= 15 is 0 Å². The molecule has 6 heteroatoms. The number of pyridine rings is 1. The number of ether oxygens (including phenoxy) is 1. The molecule has 2 aromatic carbocycles. The number of rotatable bonds is 3. The average Bonchev–Trinajstić information content (AvgIpc) is 3.08. The van der Waals surface area contributed by atoms with Gasteiger partial charge >= 0.3 is 0 Å². The van der Waals surface area contributed by atoms with Crippen LogP contribution in [-0.4, -0.2) is 18.0 Å². The van der Waals surface area contributed by atoms with Crippen LogP contribution in [0, 0.1) is 20.8 Å². The summed E-state index contributed by atoms with van der Waals surface area (Å²) in [6, 6.07) is 15.8. The Bertz CT molecular complexity index is 1440. The molecule has 160 valence electrons. The minimum absolute atomic E-state index is 0.0647. The Balaban J connectivity index is 1.81. The molecule has 1 atom stereocenters. The molecule has 0 bridgehead atoms. The van der Waals surface area contributed by atoms with Crippen LogP contribution < -0.4 is 15.1 Å². The van der Waals surface area contributed by atoms with Crippen LogP contribution in [0.4, 0.5) is 5.82 Å². The number of fused-ring (bicyclic) bond motifs is 2. The lowest BCUT2D eigenvalue weighted by Gasteiger charge is -2.24. The van der Waals surface area contributed by atoms with E-state index in [9.17, 15) is 9.59 Å². The molecule has 32 heavy (non-hydrogen) atoms. The Kier molecular flexibility index (Phi) is 4.59. The van der Waals surface area contributed by atoms with Gasteiger partial charge in [0.25, 0.3) is 5.91 Å². The van der Waals surface area contributed by atoms with E-state index < -0.39 is 6.04 Å². The van der Waals surface area contributed by atoms with Gasteiger partial charge in [0, 0.05) is 5.69 Å². The van der Waals surface area contributed by atoms with Crippen LogP contribution in [0.15, 0.2) is 63.8 Å². The molecule has 1 aliphatic heterocycles. The highest BCUT2D eigenvalue weighted by molar-refractivity contribution is 6.10. The van der Waals surface area contributed by atoms with Gasteiger partial charge in [-0.05, 0) is 73.9 Å². The highest BCUT2D eigenvalue weighted by Gasteiger charge is 2.44. The van der Waals surface area contributed by atoms with Gasteiger partial charge in [-0.1, -0.05) is 18.2 Å². The number of amides is 1. The van der Waals surface area contributed by atoms with E-state index in [1.54, 1.807) is 18.1 Å². The van der Waals surface area contributed by atoms with Gasteiger partial charge in [-0.2, -0.15) is 0 Å². The molecule has 0 saturated heterocycles. The number of carbonyl (C=O) groups excluding carboxylic acids is 1. The van der Waals surface area contributed by atoms with Crippen LogP contribution >= 0.6 is 0 Å². The third-order valence-corrected chi connectivity index (χ3v) is 6.04. The Hall–Kier alpha value is -3.93. The summed E-state index contributed by atoms with van der Waals surface area (Å²) in [4.78, 5) is 33.4. The SMILES string of the molecule is COc1ccc([C@H]2c3c(oc4cc(C)c(C)cc4c3=O)C(=O)N2c2cccc(C)n2)cc1. The van der Waals surface area contributed by atoms with E-state index in [1.165, 1.54) is 0 Å². The van der Waals surface area contributed by atoms with Gasteiger partial charge < -0.3 is 9.15 Å². The fraction of sp³-hybridized carbons (Fsp3) is 0.192. The molecule has 1 aliphatic rings. The zero-order valence-corrected chi connectivity index (χ0v) is 18.3. The quantitative estimate of drug-likeness (QED) is 0.467. The number of aryl methyl sites for hydroxylation is 3. The summed E-state index contributed by atoms with van der Waals surface area (Å²) in [5.41, 5.74) is 4.08. The lowest BCUT2D eigenvalue weighted by molar-refractivity contribution is 0.0970. The molecule has 0 N–H and O–H groups in total. The highest BCUT2D eigenvalue weighted by atomic mass is 16.5. The first-order valence-corrected chi connectivity index (χ1v) is 10.4. The van der Waals surface area contributed by atoms with Crippen molar-refractivity contribution in [3.05, 3.63) is 98.5 Å². The van der Waals surface area contributed by atoms with Crippen LogP contribution in [-0.2, 0) is 0 Å². The summed E-state index contributed by atoms with van der Waals surface area (Å²) >= 11 is 0. The van der Waals surface area contributed by atoms with Crippen LogP contribution in [0.25, 0.3) is 11.0 Å². The first kappa shape index (κ1) is 20.0. The van der Waals surface area contributed by atoms with E-state index in [-0.39, 0.29) is 17.1 Å². The normalized spacial score (nSPS) is 15.3. The summed E-state index contributed by atoms with van der Waals surface area (Å²) in [7, 11) is 1.59. The maximum absolute atomic E-state index is 13.7. The lowest BCUT2D eigenvalue weighted by atomic mass is 9.97. The second-order valence-corrected chi connectivity index (χ2v) is 8.09. The molecule has 1 amide bonds. The summed E-state index contributed by atoms with van der Waals surface area (Å²) in [5, 5.41) is 0.470. The summed E-state index contributed by atoms with van der Waals surface area (Å²) < 4.78 is 11.4. The molecular weight excluding hydrogens is 404 g/mol. The van der Waals surface area contributed by atoms with Crippen molar-refractivity contribution >= 4 is 22.7 Å². The maximum Gasteiger partial charge on any atom is 0.296 e. The molecule has 0 saturated carbocycles. The predicted octanol–water partition coefficient (Wildman–Crippen LogP) is 4.87. The third-order valence-electron chi connectivity index (χ3n) is 6.04. The van der Waals surface area contributed by atoms with Gasteiger partial charge in [-0.25, -0.2) is 4.98 Å². The van der Waals surface area contributed by atoms with Crippen molar-refractivity contribution in [1.82, 2.24) is 4.98 Å². The molecule has 0 aliphatic carbocycles. The second-order valence-electron chi connectivity index (χ2n) is 8.09. The topological polar surface area (TPSA) is 72.6 Å². The van der Waals surface area contributed by atoms with Gasteiger partial charge in [0.15, 0.2) is 5.43 Å². The second kappa shape index (κ2) is 7.34. The number of methoxy groups -OCH3 is 1. The van der Waals surface area contributed by atoms with E-state index in [0.29, 0.717) is 28.1 Å². The summed E-state index contributed by atoms with van der Waals surface area (Å²) in [5.74, 6) is 0.847. The molecule has 4 aromatic rings. The number of aromatic nitrogens is 1. The molecule has 3 heterocycles. The summed E-state index contributed by atoms with van der Waals surface area (Å²) in [6.45, 7) is 5.77.